The van der Waals surface area contributed by atoms with Crippen molar-refractivity contribution in [1.82, 2.24) is 14.7 Å². The van der Waals surface area contributed by atoms with Gasteiger partial charge in [-0.1, -0.05) is 30.3 Å². The fraction of sp³-hybridized carbons (Fsp3) is 0.714. The summed E-state index contributed by atoms with van der Waals surface area (Å²) in [5, 5.41) is 0. The van der Waals surface area contributed by atoms with Crippen LogP contribution in [-0.4, -0.2) is 78.3 Å². The average molecular weight is 486 g/mol. The first-order valence-electron chi connectivity index (χ1n) is 13.4. The zero-order valence-electron chi connectivity index (χ0n) is 21.8. The second-order valence-electron chi connectivity index (χ2n) is 11.7. The van der Waals surface area contributed by atoms with Crippen LogP contribution < -0.4 is 0 Å². The summed E-state index contributed by atoms with van der Waals surface area (Å²) in [6, 6.07) is 9.86. The molecule has 0 aliphatic carbocycles. The number of benzene rings is 1. The van der Waals surface area contributed by atoms with Gasteiger partial charge >= 0.3 is 12.2 Å². The molecule has 3 aliphatic rings. The van der Waals surface area contributed by atoms with Gasteiger partial charge in [-0.2, -0.15) is 0 Å². The molecule has 2 amide bonds. The van der Waals surface area contributed by atoms with Crippen molar-refractivity contribution >= 4 is 12.2 Å². The van der Waals surface area contributed by atoms with Gasteiger partial charge in [0.1, 0.15) is 12.2 Å². The highest BCUT2D eigenvalue weighted by molar-refractivity contribution is 5.68. The van der Waals surface area contributed by atoms with Crippen LogP contribution in [0.25, 0.3) is 0 Å². The Hall–Kier alpha value is -2.28. The minimum absolute atomic E-state index is 0.175. The van der Waals surface area contributed by atoms with Crippen LogP contribution in [0.15, 0.2) is 30.3 Å². The van der Waals surface area contributed by atoms with Crippen LogP contribution in [0, 0.1) is 11.3 Å². The van der Waals surface area contributed by atoms with Crippen molar-refractivity contribution in [3.05, 3.63) is 35.9 Å². The molecule has 1 spiro atoms. The molecule has 3 heterocycles. The zero-order valence-corrected chi connectivity index (χ0v) is 21.8. The summed E-state index contributed by atoms with van der Waals surface area (Å²) >= 11 is 0. The number of hydrogen-bond donors (Lipinski definition) is 0. The minimum Gasteiger partial charge on any atom is -0.445 e. The predicted octanol–water partition coefficient (Wildman–Crippen LogP) is 5.15. The molecule has 0 unspecified atom stereocenters. The van der Waals surface area contributed by atoms with Gasteiger partial charge in [0.15, 0.2) is 0 Å². The molecule has 3 fully saturated rings. The van der Waals surface area contributed by atoms with Crippen molar-refractivity contribution in [3.8, 4) is 0 Å². The van der Waals surface area contributed by atoms with E-state index in [1.165, 1.54) is 12.8 Å². The molecule has 4 rings (SSSR count). The number of ether oxygens (including phenoxy) is 2. The van der Waals surface area contributed by atoms with Crippen LogP contribution in [0.4, 0.5) is 9.59 Å². The van der Waals surface area contributed by atoms with E-state index in [-0.39, 0.29) is 12.2 Å². The normalized spacial score (nSPS) is 21.7. The van der Waals surface area contributed by atoms with Gasteiger partial charge in [0.2, 0.25) is 0 Å². The Labute approximate surface area is 210 Å². The van der Waals surface area contributed by atoms with E-state index in [2.05, 4.69) is 4.90 Å². The lowest BCUT2D eigenvalue weighted by Gasteiger charge is -2.47. The first-order valence-corrected chi connectivity index (χ1v) is 13.4. The summed E-state index contributed by atoms with van der Waals surface area (Å²) in [6.45, 7) is 12.7. The summed E-state index contributed by atoms with van der Waals surface area (Å²) in [5.74, 6) is 0.656. The Balaban J connectivity index is 1.13. The Morgan fingerprint density at radius 3 is 2.03 bits per heavy atom. The van der Waals surface area contributed by atoms with Gasteiger partial charge in [0.05, 0.1) is 0 Å². The van der Waals surface area contributed by atoms with Crippen molar-refractivity contribution in [2.45, 2.75) is 71.5 Å². The summed E-state index contributed by atoms with van der Waals surface area (Å²) in [5.41, 5.74) is 0.973. The van der Waals surface area contributed by atoms with Gasteiger partial charge in [-0.25, -0.2) is 9.59 Å². The maximum absolute atomic E-state index is 12.5. The molecule has 35 heavy (non-hydrogen) atoms. The van der Waals surface area contributed by atoms with Crippen LogP contribution in [0.2, 0.25) is 0 Å². The van der Waals surface area contributed by atoms with Crippen molar-refractivity contribution in [2.24, 2.45) is 11.3 Å². The first-order chi connectivity index (χ1) is 16.7. The van der Waals surface area contributed by atoms with Crippen LogP contribution in [0.5, 0.6) is 0 Å². The molecule has 7 heteroatoms. The van der Waals surface area contributed by atoms with Crippen molar-refractivity contribution < 1.29 is 19.1 Å². The molecule has 1 aromatic carbocycles. The van der Waals surface area contributed by atoms with Gasteiger partial charge in [-0.05, 0) is 89.3 Å². The second kappa shape index (κ2) is 11.2. The number of hydrogen-bond acceptors (Lipinski definition) is 5. The third-order valence-corrected chi connectivity index (χ3v) is 7.99. The highest BCUT2D eigenvalue weighted by atomic mass is 16.6. The summed E-state index contributed by atoms with van der Waals surface area (Å²) in [6.07, 6.45) is 6.35. The first kappa shape index (κ1) is 25.8. The molecule has 3 aliphatic heterocycles. The second-order valence-corrected chi connectivity index (χ2v) is 11.7. The summed E-state index contributed by atoms with van der Waals surface area (Å²) < 4.78 is 11.1. The number of nitrogens with zero attached hydrogens (tertiary/aromatic N) is 3. The minimum atomic E-state index is -0.434. The Morgan fingerprint density at radius 2 is 1.43 bits per heavy atom. The lowest BCUT2D eigenvalue weighted by atomic mass is 9.71. The van der Waals surface area contributed by atoms with Crippen molar-refractivity contribution in [1.29, 1.82) is 0 Å². The molecule has 3 saturated heterocycles. The standard InChI is InChI=1S/C28H43N3O4/c1-27(2,3)35-26(33)30-15-9-23(10-16-30)21-29-17-11-28(12-18-29)13-19-31(20-14-28)25(32)34-22-24-7-5-4-6-8-24/h4-8,23H,9-22H2,1-3H3. The lowest BCUT2D eigenvalue weighted by Crippen LogP contribution is -2.49. The number of piperidine rings is 3. The molecule has 0 radical (unpaired) electrons. The molecule has 0 aromatic heterocycles. The fourth-order valence-electron chi connectivity index (χ4n) is 5.67. The van der Waals surface area contributed by atoms with Gasteiger partial charge in [-0.3, -0.25) is 0 Å². The van der Waals surface area contributed by atoms with Gasteiger partial charge in [0.25, 0.3) is 0 Å². The molecular formula is C28H43N3O4. The van der Waals surface area contributed by atoms with E-state index in [9.17, 15) is 9.59 Å². The zero-order chi connectivity index (χ0) is 24.9. The molecule has 1 aromatic rings. The van der Waals surface area contributed by atoms with E-state index in [0.29, 0.717) is 17.9 Å². The van der Waals surface area contributed by atoms with E-state index < -0.39 is 5.60 Å². The van der Waals surface area contributed by atoms with E-state index in [0.717, 1.165) is 77.1 Å². The van der Waals surface area contributed by atoms with Crippen molar-refractivity contribution in [2.75, 3.05) is 45.8 Å². The fourth-order valence-corrected chi connectivity index (χ4v) is 5.67. The third kappa shape index (κ3) is 7.35. The van der Waals surface area contributed by atoms with Crippen LogP contribution in [-0.2, 0) is 16.1 Å². The lowest BCUT2D eigenvalue weighted by molar-refractivity contribution is 0.00923. The number of rotatable bonds is 4. The van der Waals surface area contributed by atoms with E-state index in [1.807, 2.05) is 60.9 Å². The molecule has 0 N–H and O–H groups in total. The Bertz CT molecular complexity index is 828. The quantitative estimate of drug-likeness (QED) is 0.590. The Kier molecular flexibility index (Phi) is 8.25. The molecule has 0 bridgehead atoms. The smallest absolute Gasteiger partial charge is 0.410 e. The van der Waals surface area contributed by atoms with Crippen LogP contribution >= 0.6 is 0 Å². The molecule has 0 saturated carbocycles. The number of carbonyl (C=O) groups excluding carboxylic acids is 2. The summed E-state index contributed by atoms with van der Waals surface area (Å²) in [4.78, 5) is 31.2. The molecular weight excluding hydrogens is 442 g/mol. The van der Waals surface area contributed by atoms with Crippen LogP contribution in [0.1, 0.15) is 64.9 Å². The average Bonchev–Trinajstić information content (AvgIpc) is 2.85. The predicted molar refractivity (Wildman–Crippen MR) is 136 cm³/mol. The molecule has 7 nitrogen and oxygen atoms in total. The third-order valence-electron chi connectivity index (χ3n) is 7.99. The highest BCUT2D eigenvalue weighted by Crippen LogP contribution is 2.41. The number of carbonyl (C=O) groups is 2. The van der Waals surface area contributed by atoms with E-state index in [1.54, 1.807) is 0 Å². The Morgan fingerprint density at radius 1 is 0.857 bits per heavy atom. The topological polar surface area (TPSA) is 62.3 Å². The highest BCUT2D eigenvalue weighted by Gasteiger charge is 2.39. The van der Waals surface area contributed by atoms with E-state index in [4.69, 9.17) is 9.47 Å². The van der Waals surface area contributed by atoms with Gasteiger partial charge < -0.3 is 24.2 Å². The van der Waals surface area contributed by atoms with Gasteiger partial charge in [-0.15, -0.1) is 0 Å². The number of likely N-dealkylation sites (tertiary alicyclic amines) is 3. The van der Waals surface area contributed by atoms with Crippen molar-refractivity contribution in [3.63, 3.8) is 0 Å². The van der Waals surface area contributed by atoms with Crippen LogP contribution in [0.3, 0.4) is 0 Å². The summed E-state index contributed by atoms with van der Waals surface area (Å²) in [7, 11) is 0. The maximum Gasteiger partial charge on any atom is 0.410 e. The molecule has 0 atom stereocenters. The van der Waals surface area contributed by atoms with Gasteiger partial charge in [0, 0.05) is 32.7 Å². The van der Waals surface area contributed by atoms with E-state index >= 15 is 0 Å². The largest absolute Gasteiger partial charge is 0.445 e. The number of amides is 2. The SMILES string of the molecule is CC(C)(C)OC(=O)N1CCC(CN2CCC3(CC2)CCN(C(=O)OCc2ccccc2)CC3)CC1. The monoisotopic (exact) mass is 485 g/mol. The molecule has 194 valence electrons. The maximum atomic E-state index is 12.5.